The summed E-state index contributed by atoms with van der Waals surface area (Å²) in [6, 6.07) is 0. The molecular weight excluding hydrogens is 222 g/mol. The van der Waals surface area contributed by atoms with E-state index in [2.05, 4.69) is 0 Å². The van der Waals surface area contributed by atoms with E-state index in [0.29, 0.717) is 0 Å². The summed E-state index contributed by atoms with van der Waals surface area (Å²) in [6.07, 6.45) is 0. The molecule has 7 heavy (non-hydrogen) atoms. The molecule has 0 unspecified atom stereocenters. The van der Waals surface area contributed by atoms with Gasteiger partial charge in [-0.2, -0.15) is 0 Å². The van der Waals surface area contributed by atoms with Crippen molar-refractivity contribution in [1.29, 1.82) is 0 Å². The fourth-order valence-electron chi connectivity index (χ4n) is 0. The first-order chi connectivity index (χ1) is 1.00. The zero-order valence-electron chi connectivity index (χ0n) is 3.03. The predicted molar refractivity (Wildman–Crippen MR) is 34.2 cm³/mol. The summed E-state index contributed by atoms with van der Waals surface area (Å²) in [6.45, 7) is 0. The maximum Gasteiger partial charge on any atom is 0 e. The van der Waals surface area contributed by atoms with E-state index < -0.39 is 0 Å². The zero-order valence-corrected chi connectivity index (χ0v) is 7.85. The van der Waals surface area contributed by atoms with Crippen LogP contribution in [0, 0.1) is 0 Å². The van der Waals surface area contributed by atoms with Crippen molar-refractivity contribution in [2.24, 2.45) is 0 Å². The fourth-order valence-corrected chi connectivity index (χ4v) is 0. The van der Waals surface area contributed by atoms with Crippen LogP contribution in [0.5, 0.6) is 0 Å². The van der Waals surface area contributed by atoms with Gasteiger partial charge in [0, 0.05) is 21.7 Å². The molecule has 0 saturated heterocycles. The van der Waals surface area contributed by atoms with Gasteiger partial charge in [-0.1, -0.05) is 0 Å². The summed E-state index contributed by atoms with van der Waals surface area (Å²) in [4.78, 5) is 0. The van der Waals surface area contributed by atoms with Crippen LogP contribution in [0.2, 0.25) is 0 Å². The molecule has 0 rings (SSSR count). The molecule has 0 saturated carbocycles. The topological polar surface area (TPSA) is 40.5 Å². The molecule has 7 heteroatoms. The molecule has 2 nitrogen and oxygen atoms in total. The van der Waals surface area contributed by atoms with E-state index in [-0.39, 0.29) is 71.3 Å². The number of hydrogen-bond donors (Lipinski definition) is 2. The Kier molecular flexibility index (Phi) is 1090. The van der Waals surface area contributed by atoms with Crippen LogP contribution in [0.1, 0.15) is 0 Å². The minimum Gasteiger partial charge on any atom is -0.255 e. The first-order valence-electron chi connectivity index (χ1n) is 0.200. The van der Waals surface area contributed by atoms with Crippen molar-refractivity contribution < 1.29 is 32.2 Å². The zero-order chi connectivity index (χ0) is 2.00. The van der Waals surface area contributed by atoms with Gasteiger partial charge in [0.2, 0.25) is 0 Å². The molecule has 2 N–H and O–H groups in total. The van der Waals surface area contributed by atoms with Gasteiger partial charge in [-0.25, -0.2) is 0 Å². The smallest absolute Gasteiger partial charge is 0 e. The van der Waals surface area contributed by atoms with Gasteiger partial charge in [-0.15, -0.1) is 49.6 Å². The SMILES string of the molecule is Cl.Cl.Cl.Cl.OO.[Ti]. The van der Waals surface area contributed by atoms with Gasteiger partial charge in [0.15, 0.2) is 0 Å². The Labute approximate surface area is 81.5 Å². The molecule has 0 heterocycles. The molecule has 0 bridgehead atoms. The van der Waals surface area contributed by atoms with E-state index in [4.69, 9.17) is 10.5 Å². The second-order valence-corrected chi connectivity index (χ2v) is 0. The normalized spacial score (nSPS) is 0.857. The Hall–Kier alpha value is 1.79. The summed E-state index contributed by atoms with van der Waals surface area (Å²) >= 11 is 0. The molecule has 0 fully saturated rings. The molecule has 0 aliphatic heterocycles. The number of halogens is 4. The van der Waals surface area contributed by atoms with Crippen LogP contribution in [0.15, 0.2) is 0 Å². The van der Waals surface area contributed by atoms with Crippen molar-refractivity contribution in [2.75, 3.05) is 0 Å². The first kappa shape index (κ1) is 68.4. The largest absolute Gasteiger partial charge is 0.255 e. The second-order valence-electron chi connectivity index (χ2n) is 0. The van der Waals surface area contributed by atoms with Gasteiger partial charge in [0.1, 0.15) is 0 Å². The average Bonchev–Trinajstić information content (AvgIpc) is 1.00. The summed E-state index contributed by atoms with van der Waals surface area (Å²) in [5.41, 5.74) is 0. The molecule has 50 valence electrons. The molecule has 0 aromatic carbocycles. The molecule has 0 aliphatic rings. The molecular formula is H6Cl4O2Ti. The van der Waals surface area contributed by atoms with Crippen LogP contribution in [0.25, 0.3) is 0 Å². The summed E-state index contributed by atoms with van der Waals surface area (Å²) in [7, 11) is 0. The van der Waals surface area contributed by atoms with Crippen molar-refractivity contribution in [3.63, 3.8) is 0 Å². The Morgan fingerprint density at radius 3 is 0.571 bits per heavy atom. The van der Waals surface area contributed by atoms with Crippen LogP contribution in [-0.2, 0) is 21.7 Å². The molecule has 0 aliphatic carbocycles. The average molecular weight is 228 g/mol. The molecule has 0 amide bonds. The van der Waals surface area contributed by atoms with Gasteiger partial charge in [0.05, 0.1) is 0 Å². The molecule has 0 radical (unpaired) electrons. The molecule has 0 aromatic rings. The third kappa shape index (κ3) is 81.3. The third-order valence-electron chi connectivity index (χ3n) is 0. The number of rotatable bonds is 0. The van der Waals surface area contributed by atoms with Gasteiger partial charge in [-0.05, 0) is 0 Å². The second kappa shape index (κ2) is 112. The monoisotopic (exact) mass is 226 g/mol. The van der Waals surface area contributed by atoms with E-state index in [1.54, 1.807) is 0 Å². The van der Waals surface area contributed by atoms with Crippen LogP contribution in [-0.4, -0.2) is 10.5 Å². The summed E-state index contributed by atoms with van der Waals surface area (Å²) in [5, 5.41) is 12.0. The van der Waals surface area contributed by atoms with E-state index in [0.717, 1.165) is 0 Å². The van der Waals surface area contributed by atoms with Gasteiger partial charge < -0.3 is 0 Å². The molecule has 0 atom stereocenters. The van der Waals surface area contributed by atoms with Crippen LogP contribution in [0.4, 0.5) is 0 Å². The minimum atomic E-state index is 0. The third-order valence-corrected chi connectivity index (χ3v) is 0. The Bertz CT molecular complexity index is 9.65. The van der Waals surface area contributed by atoms with E-state index in [1.807, 2.05) is 0 Å². The minimum absolute atomic E-state index is 0. The fraction of sp³-hybridized carbons (Fsp3) is 0. The quantitative estimate of drug-likeness (QED) is 0.376. The maximum atomic E-state index is 6.00. The van der Waals surface area contributed by atoms with Gasteiger partial charge >= 0.3 is 0 Å². The molecule has 0 aromatic heterocycles. The Balaban J connectivity index is -0.000000000500. The van der Waals surface area contributed by atoms with Crippen molar-refractivity contribution in [3.05, 3.63) is 0 Å². The Morgan fingerprint density at radius 1 is 0.571 bits per heavy atom. The van der Waals surface area contributed by atoms with Gasteiger partial charge in [-0.3, -0.25) is 10.5 Å². The van der Waals surface area contributed by atoms with Crippen LogP contribution >= 0.6 is 49.6 Å². The van der Waals surface area contributed by atoms with Crippen LogP contribution < -0.4 is 0 Å². The summed E-state index contributed by atoms with van der Waals surface area (Å²) in [5.74, 6) is 0. The summed E-state index contributed by atoms with van der Waals surface area (Å²) < 4.78 is 0. The molecule has 0 spiro atoms. The van der Waals surface area contributed by atoms with Crippen molar-refractivity contribution in [1.82, 2.24) is 0 Å². The van der Waals surface area contributed by atoms with E-state index in [1.165, 1.54) is 0 Å². The van der Waals surface area contributed by atoms with Crippen molar-refractivity contribution in [2.45, 2.75) is 0 Å². The predicted octanol–water partition coefficient (Wildman–Crippen LogP) is 1.70. The first-order valence-corrected chi connectivity index (χ1v) is 0.200. The maximum absolute atomic E-state index is 6.00. The Morgan fingerprint density at radius 2 is 0.571 bits per heavy atom. The number of hydrogen-bond acceptors (Lipinski definition) is 2. The van der Waals surface area contributed by atoms with Crippen LogP contribution in [0.3, 0.4) is 0 Å². The van der Waals surface area contributed by atoms with E-state index in [9.17, 15) is 0 Å². The van der Waals surface area contributed by atoms with Crippen molar-refractivity contribution in [3.8, 4) is 0 Å². The van der Waals surface area contributed by atoms with Crippen molar-refractivity contribution >= 4 is 49.6 Å². The van der Waals surface area contributed by atoms with E-state index >= 15 is 0 Å². The van der Waals surface area contributed by atoms with Gasteiger partial charge in [0.25, 0.3) is 0 Å². The standard InChI is InChI=1S/4ClH.H2O2.Ti/c;;;;1-2;/h4*1H;1-2H;.